The number of nitrogens with zero attached hydrogens (tertiary/aromatic N) is 1. The largest absolute Gasteiger partial charge is 0.350 e. The van der Waals surface area contributed by atoms with Crippen molar-refractivity contribution in [1.82, 2.24) is 9.88 Å². The summed E-state index contributed by atoms with van der Waals surface area (Å²) in [7, 11) is 0. The lowest BCUT2D eigenvalue weighted by Crippen LogP contribution is -2.23. The van der Waals surface area contributed by atoms with Gasteiger partial charge in [0.1, 0.15) is 4.64 Å². The van der Waals surface area contributed by atoms with Gasteiger partial charge in [-0.3, -0.25) is 4.90 Å². The number of aryl methyl sites for hydroxylation is 1. The van der Waals surface area contributed by atoms with Crippen LogP contribution in [0.3, 0.4) is 0 Å². The zero-order valence-electron chi connectivity index (χ0n) is 9.42. The smallest absolute Gasteiger partial charge is 0.103 e. The summed E-state index contributed by atoms with van der Waals surface area (Å²) in [6.07, 6.45) is 2.59. The maximum Gasteiger partial charge on any atom is 0.103 e. The van der Waals surface area contributed by atoms with Gasteiger partial charge >= 0.3 is 0 Å². The number of aromatic amines is 1. The number of H-pyrrole nitrogens is 1. The summed E-state index contributed by atoms with van der Waals surface area (Å²) in [5.74, 6) is 0. The van der Waals surface area contributed by atoms with E-state index in [9.17, 15) is 0 Å². The molecular formula is C12H18N2S. The first-order chi connectivity index (χ1) is 7.22. The van der Waals surface area contributed by atoms with Gasteiger partial charge in [0.15, 0.2) is 0 Å². The average Bonchev–Trinajstić information content (AvgIpc) is 2.65. The van der Waals surface area contributed by atoms with E-state index in [0.717, 1.165) is 11.2 Å². The summed E-state index contributed by atoms with van der Waals surface area (Å²) in [5.41, 5.74) is 2.65. The highest BCUT2D eigenvalue weighted by molar-refractivity contribution is 7.71. The highest BCUT2D eigenvalue weighted by atomic mass is 32.1. The molecule has 0 amide bonds. The third-order valence-corrected chi connectivity index (χ3v) is 3.52. The minimum Gasteiger partial charge on any atom is -0.350 e. The highest BCUT2D eigenvalue weighted by Gasteiger charge is 2.25. The molecule has 0 spiro atoms. The summed E-state index contributed by atoms with van der Waals surface area (Å²) in [5, 5.41) is 0. The fraction of sp³-hybridized carbons (Fsp3) is 0.583. The number of rotatable bonds is 2. The van der Waals surface area contributed by atoms with E-state index < -0.39 is 0 Å². The zero-order chi connectivity index (χ0) is 10.8. The van der Waals surface area contributed by atoms with Crippen molar-refractivity contribution in [2.75, 3.05) is 13.1 Å². The Kier molecular flexibility index (Phi) is 3.22. The van der Waals surface area contributed by atoms with Crippen molar-refractivity contribution in [3.05, 3.63) is 28.0 Å². The first kappa shape index (κ1) is 10.8. The van der Waals surface area contributed by atoms with Gasteiger partial charge in [-0.25, -0.2) is 0 Å². The van der Waals surface area contributed by atoms with Gasteiger partial charge in [-0.05, 0) is 44.5 Å². The maximum absolute atomic E-state index is 5.12. The predicted octanol–water partition coefficient (Wildman–Crippen LogP) is 3.21. The predicted molar refractivity (Wildman–Crippen MR) is 65.6 cm³/mol. The van der Waals surface area contributed by atoms with Gasteiger partial charge in [0, 0.05) is 11.7 Å². The van der Waals surface area contributed by atoms with E-state index >= 15 is 0 Å². The van der Waals surface area contributed by atoms with Crippen LogP contribution in [0.2, 0.25) is 0 Å². The van der Waals surface area contributed by atoms with Crippen LogP contribution in [0.1, 0.15) is 37.1 Å². The Bertz CT molecular complexity index is 397. The molecule has 0 saturated carbocycles. The number of nitrogens with one attached hydrogen (secondary N) is 1. The molecule has 1 atom stereocenters. The van der Waals surface area contributed by atoms with Crippen LogP contribution < -0.4 is 0 Å². The lowest BCUT2D eigenvalue weighted by atomic mass is 10.0. The summed E-state index contributed by atoms with van der Waals surface area (Å²) >= 11 is 5.12. The topological polar surface area (TPSA) is 19.0 Å². The number of aromatic nitrogens is 1. The Labute approximate surface area is 96.3 Å². The lowest BCUT2D eigenvalue weighted by molar-refractivity contribution is 0.270. The van der Waals surface area contributed by atoms with Crippen molar-refractivity contribution >= 4 is 12.2 Å². The molecule has 2 heterocycles. The fourth-order valence-electron chi connectivity index (χ4n) is 2.51. The standard InChI is InChI=1S/C12H18N2S/c1-3-14-8-4-5-11(14)10-6-7-12(15)13-9(10)2/h6-7,11H,3-5,8H2,1-2H3,(H,13,15). The Balaban J connectivity index is 2.32. The molecule has 3 heteroatoms. The minimum atomic E-state index is 0.599. The molecule has 1 saturated heterocycles. The fourth-order valence-corrected chi connectivity index (χ4v) is 2.73. The number of pyridine rings is 1. The molecular weight excluding hydrogens is 204 g/mol. The van der Waals surface area contributed by atoms with Crippen molar-refractivity contribution in [2.24, 2.45) is 0 Å². The summed E-state index contributed by atoms with van der Waals surface area (Å²) in [6.45, 7) is 6.73. The number of likely N-dealkylation sites (tertiary alicyclic amines) is 1. The minimum absolute atomic E-state index is 0.599. The molecule has 2 rings (SSSR count). The van der Waals surface area contributed by atoms with E-state index in [-0.39, 0.29) is 0 Å². The van der Waals surface area contributed by atoms with Crippen LogP contribution in [-0.2, 0) is 0 Å². The molecule has 15 heavy (non-hydrogen) atoms. The molecule has 1 N–H and O–H groups in total. The van der Waals surface area contributed by atoms with Gasteiger partial charge in [0.2, 0.25) is 0 Å². The molecule has 1 aromatic rings. The molecule has 1 aromatic heterocycles. The molecule has 1 unspecified atom stereocenters. The van der Waals surface area contributed by atoms with Crippen LogP contribution in [0.25, 0.3) is 0 Å². The van der Waals surface area contributed by atoms with Crippen molar-refractivity contribution in [3.8, 4) is 0 Å². The first-order valence-corrected chi connectivity index (χ1v) is 6.07. The van der Waals surface area contributed by atoms with Crippen LogP contribution in [0, 0.1) is 11.6 Å². The second-order valence-corrected chi connectivity index (χ2v) is 4.63. The molecule has 2 nitrogen and oxygen atoms in total. The Morgan fingerprint density at radius 2 is 2.33 bits per heavy atom. The molecule has 1 aliphatic rings. The Hall–Kier alpha value is -0.670. The van der Waals surface area contributed by atoms with Gasteiger partial charge in [0.25, 0.3) is 0 Å². The summed E-state index contributed by atoms with van der Waals surface area (Å²) < 4.78 is 0.831. The zero-order valence-corrected chi connectivity index (χ0v) is 10.2. The van der Waals surface area contributed by atoms with Crippen LogP contribution in [0.4, 0.5) is 0 Å². The van der Waals surface area contributed by atoms with Gasteiger partial charge in [-0.2, -0.15) is 0 Å². The highest BCUT2D eigenvalue weighted by Crippen LogP contribution is 2.32. The van der Waals surface area contributed by atoms with Crippen LogP contribution >= 0.6 is 12.2 Å². The number of hydrogen-bond donors (Lipinski definition) is 1. The van der Waals surface area contributed by atoms with Gasteiger partial charge in [-0.15, -0.1) is 0 Å². The first-order valence-electron chi connectivity index (χ1n) is 5.66. The normalized spacial score (nSPS) is 22.1. The summed E-state index contributed by atoms with van der Waals surface area (Å²) in [4.78, 5) is 5.79. The SMILES string of the molecule is CCN1CCCC1c1ccc(=S)[nH]c1C. The lowest BCUT2D eigenvalue weighted by Gasteiger charge is -2.24. The van der Waals surface area contributed by atoms with Crippen LogP contribution in [-0.4, -0.2) is 23.0 Å². The molecule has 1 aliphatic heterocycles. The van der Waals surface area contributed by atoms with Crippen molar-refractivity contribution < 1.29 is 0 Å². The molecule has 1 fully saturated rings. The second-order valence-electron chi connectivity index (χ2n) is 4.19. The van der Waals surface area contributed by atoms with Crippen LogP contribution in [0.15, 0.2) is 12.1 Å². The van der Waals surface area contributed by atoms with E-state index in [1.54, 1.807) is 0 Å². The Morgan fingerprint density at radius 3 is 3.00 bits per heavy atom. The molecule has 82 valence electrons. The monoisotopic (exact) mass is 222 g/mol. The maximum atomic E-state index is 5.12. The quantitative estimate of drug-likeness (QED) is 0.775. The molecule has 0 radical (unpaired) electrons. The van der Waals surface area contributed by atoms with Gasteiger partial charge in [0.05, 0.1) is 0 Å². The third kappa shape index (κ3) is 2.13. The van der Waals surface area contributed by atoms with Gasteiger partial charge < -0.3 is 4.98 Å². The van der Waals surface area contributed by atoms with Crippen molar-refractivity contribution in [3.63, 3.8) is 0 Å². The van der Waals surface area contributed by atoms with Gasteiger partial charge in [-0.1, -0.05) is 25.2 Å². The average molecular weight is 222 g/mol. The van der Waals surface area contributed by atoms with E-state index in [0.29, 0.717) is 6.04 Å². The Morgan fingerprint density at radius 1 is 1.53 bits per heavy atom. The molecule has 0 bridgehead atoms. The third-order valence-electron chi connectivity index (χ3n) is 3.29. The second kappa shape index (κ2) is 4.45. The van der Waals surface area contributed by atoms with Crippen molar-refractivity contribution in [2.45, 2.75) is 32.7 Å². The van der Waals surface area contributed by atoms with E-state index in [2.05, 4.69) is 29.8 Å². The molecule has 0 aliphatic carbocycles. The van der Waals surface area contributed by atoms with Crippen LogP contribution in [0.5, 0.6) is 0 Å². The van der Waals surface area contributed by atoms with E-state index in [1.165, 1.54) is 30.6 Å². The number of hydrogen-bond acceptors (Lipinski definition) is 2. The van der Waals surface area contributed by atoms with E-state index in [1.807, 2.05) is 6.07 Å². The van der Waals surface area contributed by atoms with Crippen molar-refractivity contribution in [1.29, 1.82) is 0 Å². The molecule has 0 aromatic carbocycles. The summed E-state index contributed by atoms with van der Waals surface area (Å²) in [6, 6.07) is 4.79. The van der Waals surface area contributed by atoms with E-state index in [4.69, 9.17) is 12.2 Å².